The number of nitrogens with zero attached hydrogens (tertiary/aromatic N) is 3. The third-order valence-electron chi connectivity index (χ3n) is 5.57. The number of ether oxygens (including phenoxy) is 2. The van der Waals surface area contributed by atoms with Gasteiger partial charge < -0.3 is 14.4 Å². The number of carbonyl (C=O) groups excluding carboxylic acids is 1. The first-order chi connectivity index (χ1) is 13.7. The van der Waals surface area contributed by atoms with Crippen LogP contribution in [0.4, 0.5) is 0 Å². The minimum atomic E-state index is -0.0275. The lowest BCUT2D eigenvalue weighted by Gasteiger charge is -2.20. The topological polar surface area (TPSA) is 75.5 Å². The molecule has 1 aromatic carbocycles. The van der Waals surface area contributed by atoms with Gasteiger partial charge in [0.25, 0.3) is 5.91 Å². The summed E-state index contributed by atoms with van der Waals surface area (Å²) in [5.41, 5.74) is 2.00. The Labute approximate surface area is 164 Å². The standard InChI is InChI=1S/C22H23N3O3/c23-11-16-4-3-5-17(10-16)22(26)25-12-20-18(14-28-21(20)13-25)7-9-27-15-19-6-1-2-8-24-19/h1-6,8,10,18,20-21H,7,9,12-15H2/t18-,20-,21-/m0/s1. The average Bonchev–Trinajstić information content (AvgIpc) is 3.33. The lowest BCUT2D eigenvalue weighted by atomic mass is 9.91. The molecule has 2 fully saturated rings. The molecule has 3 atom stereocenters. The molecule has 0 bridgehead atoms. The molecule has 0 radical (unpaired) electrons. The maximum Gasteiger partial charge on any atom is 0.253 e. The zero-order chi connectivity index (χ0) is 19.3. The molecule has 6 nitrogen and oxygen atoms in total. The van der Waals surface area contributed by atoms with Crippen molar-refractivity contribution in [1.82, 2.24) is 9.88 Å². The van der Waals surface area contributed by atoms with Gasteiger partial charge in [-0.3, -0.25) is 9.78 Å². The number of carbonyl (C=O) groups is 1. The van der Waals surface area contributed by atoms with Gasteiger partial charge in [0.15, 0.2) is 0 Å². The third-order valence-corrected chi connectivity index (χ3v) is 5.57. The van der Waals surface area contributed by atoms with Crippen LogP contribution in [0.3, 0.4) is 0 Å². The van der Waals surface area contributed by atoms with Gasteiger partial charge in [0, 0.05) is 37.4 Å². The molecule has 2 aliphatic rings. The van der Waals surface area contributed by atoms with Crippen LogP contribution in [0.1, 0.15) is 28.0 Å². The fourth-order valence-electron chi connectivity index (χ4n) is 4.06. The minimum absolute atomic E-state index is 0.0275. The number of benzene rings is 1. The lowest BCUT2D eigenvalue weighted by molar-refractivity contribution is 0.0647. The molecule has 144 valence electrons. The molecule has 2 aromatic rings. The van der Waals surface area contributed by atoms with Gasteiger partial charge in [-0.25, -0.2) is 0 Å². The second-order valence-corrected chi connectivity index (χ2v) is 7.36. The molecule has 2 aliphatic heterocycles. The highest BCUT2D eigenvalue weighted by atomic mass is 16.5. The Morgan fingerprint density at radius 1 is 1.29 bits per heavy atom. The number of fused-ring (bicyclic) bond motifs is 1. The van der Waals surface area contributed by atoms with E-state index < -0.39 is 0 Å². The fraction of sp³-hybridized carbons (Fsp3) is 0.409. The summed E-state index contributed by atoms with van der Waals surface area (Å²) in [6.45, 7) is 3.22. The number of hydrogen-bond acceptors (Lipinski definition) is 5. The molecular formula is C22H23N3O3. The van der Waals surface area contributed by atoms with E-state index in [9.17, 15) is 4.79 Å². The highest BCUT2D eigenvalue weighted by molar-refractivity contribution is 5.94. The summed E-state index contributed by atoms with van der Waals surface area (Å²) in [6.07, 6.45) is 2.79. The summed E-state index contributed by atoms with van der Waals surface area (Å²) in [5.74, 6) is 0.721. The van der Waals surface area contributed by atoms with Crippen molar-refractivity contribution < 1.29 is 14.3 Å². The molecule has 0 spiro atoms. The van der Waals surface area contributed by atoms with Crippen LogP contribution in [0, 0.1) is 23.2 Å². The fourth-order valence-corrected chi connectivity index (χ4v) is 4.06. The van der Waals surface area contributed by atoms with E-state index in [1.54, 1.807) is 30.5 Å². The Kier molecular flexibility index (Phi) is 5.65. The summed E-state index contributed by atoms with van der Waals surface area (Å²) in [5, 5.41) is 9.04. The first-order valence-electron chi connectivity index (χ1n) is 9.63. The SMILES string of the molecule is N#Cc1cccc(C(=O)N2C[C@H]3[C@@H](CCOCc4ccccn4)CO[C@H]3C2)c1. The van der Waals surface area contributed by atoms with Crippen LogP contribution in [0.15, 0.2) is 48.7 Å². The van der Waals surface area contributed by atoms with E-state index in [2.05, 4.69) is 11.1 Å². The van der Waals surface area contributed by atoms with E-state index >= 15 is 0 Å². The van der Waals surface area contributed by atoms with Crippen LogP contribution in [-0.4, -0.2) is 48.2 Å². The van der Waals surface area contributed by atoms with Gasteiger partial charge in [-0.1, -0.05) is 12.1 Å². The van der Waals surface area contributed by atoms with Gasteiger partial charge in [0.05, 0.1) is 36.6 Å². The molecule has 0 unspecified atom stereocenters. The van der Waals surface area contributed by atoms with Crippen molar-refractivity contribution in [3.63, 3.8) is 0 Å². The maximum absolute atomic E-state index is 12.8. The van der Waals surface area contributed by atoms with Crippen molar-refractivity contribution in [3.8, 4) is 6.07 Å². The number of pyridine rings is 1. The predicted molar refractivity (Wildman–Crippen MR) is 102 cm³/mol. The third kappa shape index (κ3) is 4.06. The zero-order valence-electron chi connectivity index (χ0n) is 15.7. The Hall–Kier alpha value is -2.75. The highest BCUT2D eigenvalue weighted by Gasteiger charge is 2.44. The van der Waals surface area contributed by atoms with Gasteiger partial charge in [0.2, 0.25) is 0 Å². The maximum atomic E-state index is 12.8. The van der Waals surface area contributed by atoms with Crippen molar-refractivity contribution in [2.45, 2.75) is 19.1 Å². The Bertz CT molecular complexity index is 865. The summed E-state index contributed by atoms with van der Waals surface area (Å²) in [4.78, 5) is 18.9. The number of likely N-dealkylation sites (tertiary alicyclic amines) is 1. The molecule has 6 heteroatoms. The van der Waals surface area contributed by atoms with Crippen LogP contribution in [0.5, 0.6) is 0 Å². The normalized spacial score (nSPS) is 23.4. The number of rotatable bonds is 6. The largest absolute Gasteiger partial charge is 0.376 e. The Balaban J connectivity index is 1.29. The number of aromatic nitrogens is 1. The molecular weight excluding hydrogens is 354 g/mol. The van der Waals surface area contributed by atoms with Gasteiger partial charge in [0.1, 0.15) is 0 Å². The van der Waals surface area contributed by atoms with Crippen LogP contribution in [-0.2, 0) is 16.1 Å². The Morgan fingerprint density at radius 3 is 3.04 bits per heavy atom. The lowest BCUT2D eigenvalue weighted by Crippen LogP contribution is -2.31. The van der Waals surface area contributed by atoms with Crippen LogP contribution in [0.25, 0.3) is 0 Å². The van der Waals surface area contributed by atoms with Crippen molar-refractivity contribution in [2.24, 2.45) is 11.8 Å². The van der Waals surface area contributed by atoms with E-state index in [4.69, 9.17) is 14.7 Å². The van der Waals surface area contributed by atoms with E-state index in [0.29, 0.717) is 49.3 Å². The van der Waals surface area contributed by atoms with E-state index in [1.165, 1.54) is 0 Å². The van der Waals surface area contributed by atoms with Crippen LogP contribution in [0.2, 0.25) is 0 Å². The van der Waals surface area contributed by atoms with Crippen molar-refractivity contribution >= 4 is 5.91 Å². The first-order valence-corrected chi connectivity index (χ1v) is 9.63. The smallest absolute Gasteiger partial charge is 0.253 e. The number of amides is 1. The first kappa shape index (κ1) is 18.6. The summed E-state index contributed by atoms with van der Waals surface area (Å²) in [7, 11) is 0. The molecule has 0 N–H and O–H groups in total. The molecule has 0 saturated carbocycles. The van der Waals surface area contributed by atoms with E-state index in [1.807, 2.05) is 23.1 Å². The van der Waals surface area contributed by atoms with Crippen molar-refractivity contribution in [3.05, 3.63) is 65.5 Å². The zero-order valence-corrected chi connectivity index (χ0v) is 15.7. The molecule has 1 aromatic heterocycles. The van der Waals surface area contributed by atoms with Crippen LogP contribution >= 0.6 is 0 Å². The molecule has 2 saturated heterocycles. The monoisotopic (exact) mass is 377 g/mol. The van der Waals surface area contributed by atoms with Gasteiger partial charge in [-0.05, 0) is 42.7 Å². The summed E-state index contributed by atoms with van der Waals surface area (Å²) < 4.78 is 11.7. The predicted octanol–water partition coefficient (Wildman–Crippen LogP) is 2.65. The Morgan fingerprint density at radius 2 is 2.21 bits per heavy atom. The quantitative estimate of drug-likeness (QED) is 0.724. The second-order valence-electron chi connectivity index (χ2n) is 7.36. The molecule has 3 heterocycles. The minimum Gasteiger partial charge on any atom is -0.376 e. The summed E-state index contributed by atoms with van der Waals surface area (Å²) >= 11 is 0. The van der Waals surface area contributed by atoms with Crippen molar-refractivity contribution in [2.75, 3.05) is 26.3 Å². The second kappa shape index (κ2) is 8.51. The number of hydrogen-bond donors (Lipinski definition) is 0. The van der Waals surface area contributed by atoms with Crippen molar-refractivity contribution in [1.29, 1.82) is 5.26 Å². The average molecular weight is 377 g/mol. The molecule has 4 rings (SSSR count). The van der Waals surface area contributed by atoms with Gasteiger partial charge in [-0.15, -0.1) is 0 Å². The van der Waals surface area contributed by atoms with Gasteiger partial charge in [-0.2, -0.15) is 5.26 Å². The molecule has 1 amide bonds. The summed E-state index contributed by atoms with van der Waals surface area (Å²) in [6, 6.07) is 14.8. The van der Waals surface area contributed by atoms with E-state index in [-0.39, 0.29) is 12.0 Å². The van der Waals surface area contributed by atoms with Gasteiger partial charge >= 0.3 is 0 Å². The molecule has 0 aliphatic carbocycles. The van der Waals surface area contributed by atoms with Crippen LogP contribution < -0.4 is 0 Å². The molecule has 28 heavy (non-hydrogen) atoms. The highest BCUT2D eigenvalue weighted by Crippen LogP contribution is 2.36. The van der Waals surface area contributed by atoms with E-state index in [0.717, 1.165) is 18.7 Å². The number of nitriles is 1.